The fourth-order valence-corrected chi connectivity index (χ4v) is 5.28. The van der Waals surface area contributed by atoms with Crippen LogP contribution >= 0.6 is 0 Å². The summed E-state index contributed by atoms with van der Waals surface area (Å²) in [5.41, 5.74) is -2.84. The van der Waals surface area contributed by atoms with Crippen molar-refractivity contribution in [3.8, 4) is 39.1 Å². The average Bonchev–Trinajstić information content (AvgIpc) is 3.00. The monoisotopic (exact) mass is 676 g/mol. The van der Waals surface area contributed by atoms with Crippen LogP contribution < -0.4 is 4.74 Å². The molecule has 11 heteroatoms. The Kier molecular flexibility index (Phi) is 9.89. The van der Waals surface area contributed by atoms with Crippen LogP contribution in [0, 0.1) is 29.1 Å². The van der Waals surface area contributed by atoms with Gasteiger partial charge in [-0.25, -0.2) is 22.0 Å². The molecule has 0 aliphatic heterocycles. The summed E-state index contributed by atoms with van der Waals surface area (Å²) in [5, 5.41) is 0. The van der Waals surface area contributed by atoms with Gasteiger partial charge in [-0.1, -0.05) is 56.2 Å². The Balaban J connectivity index is 1.39. The maximum absolute atomic E-state index is 15.2. The molecule has 0 heterocycles. The molecule has 0 radical (unpaired) electrons. The van der Waals surface area contributed by atoms with Crippen molar-refractivity contribution in [2.24, 2.45) is 0 Å². The van der Waals surface area contributed by atoms with Gasteiger partial charge in [-0.3, -0.25) is 0 Å². The highest BCUT2D eigenvalue weighted by Gasteiger charge is 2.42. The summed E-state index contributed by atoms with van der Waals surface area (Å²) in [6, 6.07) is 15.7. The van der Waals surface area contributed by atoms with Crippen molar-refractivity contribution in [1.29, 1.82) is 0 Å². The predicted molar refractivity (Wildman–Crippen MR) is 162 cm³/mol. The molecule has 0 spiro atoms. The summed E-state index contributed by atoms with van der Waals surface area (Å²) in [4.78, 5) is 0. The topological polar surface area (TPSA) is 9.23 Å². The molecule has 0 saturated carbocycles. The number of alkyl halides is 5. The molecule has 0 amide bonds. The van der Waals surface area contributed by atoms with E-state index in [1.54, 1.807) is 6.07 Å². The van der Waals surface area contributed by atoms with E-state index in [1.807, 2.05) is 24.3 Å². The van der Waals surface area contributed by atoms with Crippen LogP contribution in [0.3, 0.4) is 0 Å². The van der Waals surface area contributed by atoms with Gasteiger partial charge >= 0.3 is 12.3 Å². The molecule has 0 aliphatic rings. The van der Waals surface area contributed by atoms with Crippen molar-refractivity contribution in [3.05, 3.63) is 137 Å². The van der Waals surface area contributed by atoms with E-state index in [9.17, 15) is 30.7 Å². The number of halogens is 10. The molecule has 0 fully saturated rings. The quantitative estimate of drug-likeness (QED) is 0.106. The maximum atomic E-state index is 15.2. The Morgan fingerprint density at radius 2 is 1.08 bits per heavy atom. The molecule has 5 aromatic rings. The van der Waals surface area contributed by atoms with Gasteiger partial charge in [0.05, 0.1) is 11.1 Å². The number of unbranched alkanes of at least 4 members (excludes halogenated alkanes) is 2. The van der Waals surface area contributed by atoms with E-state index in [4.69, 9.17) is 0 Å². The van der Waals surface area contributed by atoms with Crippen LogP contribution in [-0.4, -0.2) is 0 Å². The molecular weight excluding hydrogens is 650 g/mol. The third-order valence-electron chi connectivity index (χ3n) is 7.73. The van der Waals surface area contributed by atoms with Gasteiger partial charge in [0.2, 0.25) is 0 Å². The highest BCUT2D eigenvalue weighted by Crippen LogP contribution is 2.40. The zero-order valence-electron chi connectivity index (χ0n) is 25.2. The minimum absolute atomic E-state index is 0.160. The molecule has 0 unspecified atom stereocenters. The standard InChI is InChI=1S/C37H26F10O/c1-2-3-4-5-21-6-8-22(9-7-21)23-10-15-28(29(38)16-23)24-17-30(39)34(31(40)18-24)25-19-32(41)35(33(42)20-25)37(46,47)48-27-13-11-26(12-14-27)36(43,44)45/h6-20H,2-5H2,1H3. The fourth-order valence-electron chi connectivity index (χ4n) is 5.28. The second kappa shape index (κ2) is 13.7. The molecule has 0 aliphatic carbocycles. The van der Waals surface area contributed by atoms with Crippen LogP contribution in [0.1, 0.15) is 42.9 Å². The SMILES string of the molecule is CCCCCc1ccc(-c2ccc(-c3cc(F)c(-c4cc(F)c(C(F)(F)Oc5ccc(C(F)(F)F)cc5)c(F)c4)c(F)c3)c(F)c2)cc1. The Morgan fingerprint density at radius 1 is 0.542 bits per heavy atom. The Morgan fingerprint density at radius 3 is 1.62 bits per heavy atom. The second-order valence-corrected chi connectivity index (χ2v) is 11.1. The number of rotatable bonds is 10. The van der Waals surface area contributed by atoms with Crippen molar-refractivity contribution >= 4 is 0 Å². The Hall–Kier alpha value is -4.80. The van der Waals surface area contributed by atoms with E-state index in [-0.39, 0.29) is 23.3 Å². The summed E-state index contributed by atoms with van der Waals surface area (Å²) in [6.07, 6.45) is -5.31. The lowest BCUT2D eigenvalue weighted by Gasteiger charge is -2.20. The molecule has 0 atom stereocenters. The average molecular weight is 677 g/mol. The Labute approximate surface area is 269 Å². The number of hydrogen-bond acceptors (Lipinski definition) is 1. The normalized spacial score (nSPS) is 12.0. The van der Waals surface area contributed by atoms with E-state index in [0.29, 0.717) is 29.8 Å². The minimum atomic E-state index is -4.77. The maximum Gasteiger partial charge on any atom is 0.432 e. The summed E-state index contributed by atoms with van der Waals surface area (Å²) in [6.45, 7) is 2.11. The first-order chi connectivity index (χ1) is 22.7. The van der Waals surface area contributed by atoms with Gasteiger partial charge in [0.15, 0.2) is 0 Å². The molecule has 1 nitrogen and oxygen atoms in total. The summed E-state index contributed by atoms with van der Waals surface area (Å²) >= 11 is 0. The zero-order chi connectivity index (χ0) is 34.8. The van der Waals surface area contributed by atoms with Crippen molar-refractivity contribution in [1.82, 2.24) is 0 Å². The summed E-state index contributed by atoms with van der Waals surface area (Å²) in [7, 11) is 0. The molecule has 5 rings (SSSR count). The summed E-state index contributed by atoms with van der Waals surface area (Å²) in [5.74, 6) is -8.22. The molecule has 0 bridgehead atoms. The molecular formula is C37H26F10O. The zero-order valence-corrected chi connectivity index (χ0v) is 25.2. The van der Waals surface area contributed by atoms with Crippen molar-refractivity contribution in [3.63, 3.8) is 0 Å². The smallest absolute Gasteiger partial charge is 0.429 e. The third-order valence-corrected chi connectivity index (χ3v) is 7.73. The van der Waals surface area contributed by atoms with E-state index in [1.165, 1.54) is 12.1 Å². The van der Waals surface area contributed by atoms with E-state index in [0.717, 1.165) is 48.9 Å². The molecule has 0 aromatic heterocycles. The van der Waals surface area contributed by atoms with Crippen molar-refractivity contribution in [2.45, 2.75) is 44.9 Å². The van der Waals surface area contributed by atoms with E-state index >= 15 is 13.2 Å². The molecule has 0 N–H and O–H groups in total. The first-order valence-corrected chi connectivity index (χ1v) is 14.8. The van der Waals surface area contributed by atoms with Gasteiger partial charge in [0, 0.05) is 5.56 Å². The lowest BCUT2D eigenvalue weighted by Crippen LogP contribution is -2.25. The minimum Gasteiger partial charge on any atom is -0.429 e. The molecule has 5 aromatic carbocycles. The number of hydrogen-bond donors (Lipinski definition) is 0. The molecule has 250 valence electrons. The van der Waals surface area contributed by atoms with Crippen LogP contribution in [0.5, 0.6) is 5.75 Å². The van der Waals surface area contributed by atoms with Crippen LogP contribution in [0.25, 0.3) is 33.4 Å². The van der Waals surface area contributed by atoms with Crippen LogP contribution in [0.2, 0.25) is 0 Å². The second-order valence-electron chi connectivity index (χ2n) is 11.1. The van der Waals surface area contributed by atoms with Gasteiger partial charge in [0.25, 0.3) is 0 Å². The van der Waals surface area contributed by atoms with Crippen molar-refractivity contribution < 1.29 is 48.6 Å². The lowest BCUT2D eigenvalue weighted by atomic mass is 9.95. The van der Waals surface area contributed by atoms with Gasteiger partial charge in [-0.2, -0.15) is 22.0 Å². The van der Waals surface area contributed by atoms with Crippen LogP contribution in [-0.2, 0) is 18.7 Å². The number of benzene rings is 5. The number of aryl methyl sites for hydroxylation is 1. The van der Waals surface area contributed by atoms with Crippen LogP contribution in [0.4, 0.5) is 43.9 Å². The van der Waals surface area contributed by atoms with E-state index in [2.05, 4.69) is 11.7 Å². The van der Waals surface area contributed by atoms with E-state index < -0.39 is 69.4 Å². The third kappa shape index (κ3) is 7.50. The van der Waals surface area contributed by atoms with Crippen LogP contribution in [0.15, 0.2) is 91.0 Å². The highest BCUT2D eigenvalue weighted by molar-refractivity contribution is 5.75. The van der Waals surface area contributed by atoms with Gasteiger partial charge in [-0.05, 0) is 95.3 Å². The van der Waals surface area contributed by atoms with Gasteiger partial charge in [0.1, 0.15) is 40.4 Å². The first kappa shape index (κ1) is 34.5. The summed E-state index contributed by atoms with van der Waals surface area (Å²) < 4.78 is 148. The predicted octanol–water partition coefficient (Wildman–Crippen LogP) is 12.3. The van der Waals surface area contributed by atoms with Gasteiger partial charge < -0.3 is 4.74 Å². The first-order valence-electron chi connectivity index (χ1n) is 14.8. The number of ether oxygens (including phenoxy) is 1. The fraction of sp³-hybridized carbons (Fsp3) is 0.189. The van der Waals surface area contributed by atoms with Crippen molar-refractivity contribution in [2.75, 3.05) is 0 Å². The lowest BCUT2D eigenvalue weighted by molar-refractivity contribution is -0.189. The largest absolute Gasteiger partial charge is 0.432 e. The van der Waals surface area contributed by atoms with Gasteiger partial charge in [-0.15, -0.1) is 0 Å². The highest BCUT2D eigenvalue weighted by atomic mass is 19.4. The Bertz CT molecular complexity index is 1870. The molecule has 48 heavy (non-hydrogen) atoms. The molecule has 0 saturated heterocycles.